The Morgan fingerprint density at radius 2 is 2.21 bits per heavy atom. The summed E-state index contributed by atoms with van der Waals surface area (Å²) in [5.74, 6) is 3.77. The summed E-state index contributed by atoms with van der Waals surface area (Å²) in [7, 11) is 1.68. The van der Waals surface area contributed by atoms with Crippen molar-refractivity contribution >= 4 is 11.8 Å². The van der Waals surface area contributed by atoms with E-state index in [9.17, 15) is 0 Å². The summed E-state index contributed by atoms with van der Waals surface area (Å²) in [5.41, 5.74) is 1.14. The van der Waals surface area contributed by atoms with Gasteiger partial charge in [0.25, 0.3) is 0 Å². The zero-order chi connectivity index (χ0) is 13.1. The van der Waals surface area contributed by atoms with Crippen LogP contribution < -0.4 is 14.8 Å². The molecule has 19 heavy (non-hydrogen) atoms. The normalized spacial score (nSPS) is 23.7. The predicted octanol–water partition coefficient (Wildman–Crippen LogP) is 1.85. The Morgan fingerprint density at radius 3 is 2.84 bits per heavy atom. The summed E-state index contributed by atoms with van der Waals surface area (Å²) < 4.78 is 17.1. The second kappa shape index (κ2) is 6.03. The average Bonchev–Trinajstić information content (AvgIpc) is 2.44. The van der Waals surface area contributed by atoms with Crippen LogP contribution in [0.2, 0.25) is 0 Å². The summed E-state index contributed by atoms with van der Waals surface area (Å²) in [6, 6.07) is 6.09. The molecular weight excluding hydrogens is 262 g/mol. The van der Waals surface area contributed by atoms with Crippen LogP contribution in [0, 0.1) is 0 Å². The lowest BCUT2D eigenvalue weighted by Crippen LogP contribution is -2.33. The number of hydrogen-bond acceptors (Lipinski definition) is 5. The minimum Gasteiger partial charge on any atom is -0.493 e. The number of rotatable bonds is 4. The van der Waals surface area contributed by atoms with Crippen LogP contribution in [0.5, 0.6) is 11.5 Å². The molecule has 0 radical (unpaired) electrons. The van der Waals surface area contributed by atoms with E-state index in [-0.39, 0.29) is 6.10 Å². The molecule has 0 saturated carbocycles. The Bertz CT molecular complexity index is 431. The largest absolute Gasteiger partial charge is 0.493 e. The van der Waals surface area contributed by atoms with Crippen LogP contribution in [-0.4, -0.2) is 44.4 Å². The lowest BCUT2D eigenvalue weighted by Gasteiger charge is -2.28. The highest BCUT2D eigenvalue weighted by molar-refractivity contribution is 8.00. The van der Waals surface area contributed by atoms with Crippen molar-refractivity contribution in [1.29, 1.82) is 0 Å². The monoisotopic (exact) mass is 281 g/mol. The van der Waals surface area contributed by atoms with Gasteiger partial charge in [0.15, 0.2) is 11.5 Å². The van der Waals surface area contributed by atoms with Gasteiger partial charge in [0.05, 0.1) is 19.8 Å². The lowest BCUT2D eigenvalue weighted by molar-refractivity contribution is 0.0275. The van der Waals surface area contributed by atoms with E-state index in [1.54, 1.807) is 7.11 Å². The molecule has 0 spiro atoms. The fourth-order valence-electron chi connectivity index (χ4n) is 2.22. The Labute approximate surface area is 117 Å². The van der Waals surface area contributed by atoms with Gasteiger partial charge in [-0.25, -0.2) is 0 Å². The molecule has 1 aromatic rings. The van der Waals surface area contributed by atoms with Gasteiger partial charge in [0.1, 0.15) is 6.10 Å². The molecule has 2 saturated heterocycles. The first-order chi connectivity index (χ1) is 9.36. The highest BCUT2D eigenvalue weighted by Gasteiger charge is 2.22. The molecule has 1 atom stereocenters. The SMILES string of the molecule is COc1cc(C2CNCCO2)ccc1OC1CSC1. The molecule has 2 aliphatic rings. The molecule has 2 aliphatic heterocycles. The van der Waals surface area contributed by atoms with E-state index in [2.05, 4.69) is 11.4 Å². The van der Waals surface area contributed by atoms with Crippen LogP contribution in [0.15, 0.2) is 18.2 Å². The van der Waals surface area contributed by atoms with Crippen LogP contribution in [0.3, 0.4) is 0 Å². The van der Waals surface area contributed by atoms with Crippen LogP contribution >= 0.6 is 11.8 Å². The Kier molecular flexibility index (Phi) is 4.15. The zero-order valence-corrected chi connectivity index (χ0v) is 11.9. The van der Waals surface area contributed by atoms with Gasteiger partial charge in [-0.1, -0.05) is 6.07 Å². The molecule has 1 unspecified atom stereocenters. The fraction of sp³-hybridized carbons (Fsp3) is 0.571. The topological polar surface area (TPSA) is 39.7 Å². The highest BCUT2D eigenvalue weighted by atomic mass is 32.2. The zero-order valence-electron chi connectivity index (χ0n) is 11.1. The first-order valence-electron chi connectivity index (χ1n) is 6.61. The third-order valence-corrected chi connectivity index (χ3v) is 4.60. The number of thioether (sulfide) groups is 1. The molecule has 0 aliphatic carbocycles. The van der Waals surface area contributed by atoms with Crippen LogP contribution in [0.1, 0.15) is 11.7 Å². The van der Waals surface area contributed by atoms with Crippen molar-refractivity contribution in [3.05, 3.63) is 23.8 Å². The quantitative estimate of drug-likeness (QED) is 0.912. The van der Waals surface area contributed by atoms with Crippen molar-refractivity contribution in [1.82, 2.24) is 5.32 Å². The van der Waals surface area contributed by atoms with Gasteiger partial charge in [0.2, 0.25) is 0 Å². The van der Waals surface area contributed by atoms with Crippen molar-refractivity contribution in [3.8, 4) is 11.5 Å². The van der Waals surface area contributed by atoms with E-state index in [1.165, 1.54) is 0 Å². The van der Waals surface area contributed by atoms with Crippen molar-refractivity contribution in [2.24, 2.45) is 0 Å². The molecule has 0 bridgehead atoms. The van der Waals surface area contributed by atoms with Gasteiger partial charge in [-0.2, -0.15) is 11.8 Å². The first kappa shape index (κ1) is 13.1. The Morgan fingerprint density at radius 1 is 1.32 bits per heavy atom. The maximum Gasteiger partial charge on any atom is 0.161 e. The van der Waals surface area contributed by atoms with E-state index < -0.39 is 0 Å². The molecule has 104 valence electrons. The van der Waals surface area contributed by atoms with Crippen LogP contribution in [0.25, 0.3) is 0 Å². The lowest BCUT2D eigenvalue weighted by atomic mass is 10.1. The standard InChI is InChI=1S/C14H19NO3S/c1-16-13-6-10(14-7-15-4-5-17-14)2-3-12(13)18-11-8-19-9-11/h2-3,6,11,14-15H,4-5,7-9H2,1H3. The van der Waals surface area contributed by atoms with Crippen LogP contribution in [0.4, 0.5) is 0 Å². The number of hydrogen-bond donors (Lipinski definition) is 1. The molecule has 4 nitrogen and oxygen atoms in total. The maximum atomic E-state index is 5.91. The van der Waals surface area contributed by atoms with Gasteiger partial charge in [-0.05, 0) is 17.7 Å². The molecule has 2 heterocycles. The van der Waals surface area contributed by atoms with E-state index in [4.69, 9.17) is 14.2 Å². The van der Waals surface area contributed by atoms with Gasteiger partial charge in [0, 0.05) is 24.6 Å². The van der Waals surface area contributed by atoms with E-state index in [1.807, 2.05) is 23.9 Å². The van der Waals surface area contributed by atoms with Gasteiger partial charge < -0.3 is 19.5 Å². The summed E-state index contributed by atoms with van der Waals surface area (Å²) in [5, 5.41) is 3.34. The third-order valence-electron chi connectivity index (χ3n) is 3.39. The second-order valence-corrected chi connectivity index (χ2v) is 5.83. The fourth-order valence-corrected chi connectivity index (χ4v) is 2.79. The molecule has 3 rings (SSSR count). The molecule has 2 fully saturated rings. The number of morpholine rings is 1. The molecule has 1 N–H and O–H groups in total. The van der Waals surface area contributed by atoms with Crippen molar-refractivity contribution in [2.75, 3.05) is 38.3 Å². The average molecular weight is 281 g/mol. The molecule has 0 amide bonds. The summed E-state index contributed by atoms with van der Waals surface area (Å²) in [4.78, 5) is 0. The Balaban J connectivity index is 1.75. The van der Waals surface area contributed by atoms with Gasteiger partial charge in [-0.15, -0.1) is 0 Å². The van der Waals surface area contributed by atoms with E-state index >= 15 is 0 Å². The number of ether oxygens (including phenoxy) is 3. The minimum absolute atomic E-state index is 0.107. The summed E-state index contributed by atoms with van der Waals surface area (Å²) in [6.45, 7) is 2.53. The van der Waals surface area contributed by atoms with Crippen molar-refractivity contribution in [3.63, 3.8) is 0 Å². The van der Waals surface area contributed by atoms with Crippen molar-refractivity contribution < 1.29 is 14.2 Å². The smallest absolute Gasteiger partial charge is 0.161 e. The third kappa shape index (κ3) is 2.99. The van der Waals surface area contributed by atoms with Crippen LogP contribution in [-0.2, 0) is 4.74 Å². The Hall–Kier alpha value is -0.910. The number of benzene rings is 1. The summed E-state index contributed by atoms with van der Waals surface area (Å²) in [6.07, 6.45) is 0.438. The van der Waals surface area contributed by atoms with E-state index in [0.717, 1.165) is 48.3 Å². The molecule has 0 aromatic heterocycles. The summed E-state index contributed by atoms with van der Waals surface area (Å²) >= 11 is 1.91. The predicted molar refractivity (Wildman–Crippen MR) is 76.3 cm³/mol. The highest BCUT2D eigenvalue weighted by Crippen LogP contribution is 2.34. The molecule has 1 aromatic carbocycles. The second-order valence-electron chi connectivity index (χ2n) is 4.75. The molecular formula is C14H19NO3S. The maximum absolute atomic E-state index is 5.91. The minimum atomic E-state index is 0.107. The first-order valence-corrected chi connectivity index (χ1v) is 7.77. The molecule has 5 heteroatoms. The van der Waals surface area contributed by atoms with Gasteiger partial charge in [-0.3, -0.25) is 0 Å². The number of nitrogens with one attached hydrogen (secondary N) is 1. The van der Waals surface area contributed by atoms with E-state index in [0.29, 0.717) is 6.10 Å². The van der Waals surface area contributed by atoms with Gasteiger partial charge >= 0.3 is 0 Å². The number of methoxy groups -OCH3 is 1. The van der Waals surface area contributed by atoms with Crippen molar-refractivity contribution in [2.45, 2.75) is 12.2 Å².